The number of hydrogen-bond donors (Lipinski definition) is 1. The molecule has 0 saturated carbocycles. The molecule has 0 fully saturated rings. The second kappa shape index (κ2) is 9.82. The smallest absolute Gasteiger partial charge is 0.119 e. The summed E-state index contributed by atoms with van der Waals surface area (Å²) in [5.74, 6) is 1.73. The minimum Gasteiger partial charge on any atom is -0.497 e. The highest BCUT2D eigenvalue weighted by atomic mass is 16.5. The first-order valence-electron chi connectivity index (χ1n) is 8.11. The standard InChI is InChI=1S/C18H31NO/c1-5-9-16(10-6-2)18(19-7-3)14-15-11-8-12-17(13-15)20-4/h8,11-13,16,18-19H,5-7,9-10,14H2,1-4H3. The highest BCUT2D eigenvalue weighted by Gasteiger charge is 2.19. The van der Waals surface area contributed by atoms with Crippen molar-refractivity contribution in [1.82, 2.24) is 5.32 Å². The van der Waals surface area contributed by atoms with Crippen LogP contribution in [0.25, 0.3) is 0 Å². The third kappa shape index (κ3) is 5.54. The molecule has 0 aliphatic carbocycles. The molecule has 0 aliphatic heterocycles. The lowest BCUT2D eigenvalue weighted by Crippen LogP contribution is -2.38. The highest BCUT2D eigenvalue weighted by Crippen LogP contribution is 2.22. The van der Waals surface area contributed by atoms with E-state index in [4.69, 9.17) is 4.74 Å². The number of hydrogen-bond acceptors (Lipinski definition) is 2. The highest BCUT2D eigenvalue weighted by molar-refractivity contribution is 5.29. The minimum atomic E-state index is 0.576. The number of methoxy groups -OCH3 is 1. The lowest BCUT2D eigenvalue weighted by molar-refractivity contribution is 0.312. The lowest BCUT2D eigenvalue weighted by atomic mass is 9.86. The molecule has 1 rings (SSSR count). The van der Waals surface area contributed by atoms with Gasteiger partial charge in [0.05, 0.1) is 7.11 Å². The molecule has 0 spiro atoms. The third-order valence-corrected chi connectivity index (χ3v) is 3.94. The van der Waals surface area contributed by atoms with Crippen molar-refractivity contribution in [2.24, 2.45) is 5.92 Å². The van der Waals surface area contributed by atoms with Gasteiger partial charge in [0.15, 0.2) is 0 Å². The monoisotopic (exact) mass is 277 g/mol. The number of likely N-dealkylation sites (N-methyl/N-ethyl adjacent to an activating group) is 1. The van der Waals surface area contributed by atoms with E-state index in [9.17, 15) is 0 Å². The largest absolute Gasteiger partial charge is 0.497 e. The zero-order chi connectivity index (χ0) is 14.8. The summed E-state index contributed by atoms with van der Waals surface area (Å²) < 4.78 is 5.33. The van der Waals surface area contributed by atoms with Crippen molar-refractivity contribution >= 4 is 0 Å². The van der Waals surface area contributed by atoms with Gasteiger partial charge in [-0.25, -0.2) is 0 Å². The Morgan fingerprint density at radius 1 is 1.10 bits per heavy atom. The fourth-order valence-corrected chi connectivity index (χ4v) is 3.01. The van der Waals surface area contributed by atoms with Crippen LogP contribution in [-0.2, 0) is 6.42 Å². The van der Waals surface area contributed by atoms with Gasteiger partial charge >= 0.3 is 0 Å². The number of benzene rings is 1. The lowest BCUT2D eigenvalue weighted by Gasteiger charge is -2.28. The Hall–Kier alpha value is -1.02. The average molecular weight is 277 g/mol. The van der Waals surface area contributed by atoms with E-state index in [1.807, 2.05) is 6.07 Å². The predicted molar refractivity (Wildman–Crippen MR) is 87.5 cm³/mol. The van der Waals surface area contributed by atoms with Crippen LogP contribution in [0.2, 0.25) is 0 Å². The molecule has 0 aromatic heterocycles. The third-order valence-electron chi connectivity index (χ3n) is 3.94. The van der Waals surface area contributed by atoms with E-state index >= 15 is 0 Å². The molecular formula is C18H31NO. The average Bonchev–Trinajstić information content (AvgIpc) is 2.47. The Labute approximate surface area is 124 Å². The predicted octanol–water partition coefficient (Wildman–Crippen LogP) is 4.43. The van der Waals surface area contributed by atoms with Crippen LogP contribution in [-0.4, -0.2) is 19.7 Å². The van der Waals surface area contributed by atoms with Gasteiger partial charge in [0, 0.05) is 6.04 Å². The first-order chi connectivity index (χ1) is 9.74. The second-order valence-electron chi connectivity index (χ2n) is 5.56. The second-order valence-corrected chi connectivity index (χ2v) is 5.56. The Balaban J connectivity index is 2.77. The molecule has 2 nitrogen and oxygen atoms in total. The quantitative estimate of drug-likeness (QED) is 0.683. The summed E-state index contributed by atoms with van der Waals surface area (Å²) in [7, 11) is 1.73. The van der Waals surface area contributed by atoms with E-state index in [1.165, 1.54) is 31.2 Å². The molecule has 0 radical (unpaired) electrons. The number of ether oxygens (including phenoxy) is 1. The molecule has 1 N–H and O–H groups in total. The fourth-order valence-electron chi connectivity index (χ4n) is 3.01. The summed E-state index contributed by atoms with van der Waals surface area (Å²) in [6.07, 6.45) is 6.26. The van der Waals surface area contributed by atoms with Crippen molar-refractivity contribution < 1.29 is 4.74 Å². The molecule has 2 heteroatoms. The molecule has 20 heavy (non-hydrogen) atoms. The van der Waals surface area contributed by atoms with Crippen molar-refractivity contribution in [2.45, 2.75) is 58.9 Å². The molecule has 0 aliphatic rings. The molecule has 114 valence electrons. The van der Waals surface area contributed by atoms with E-state index in [-0.39, 0.29) is 0 Å². The van der Waals surface area contributed by atoms with E-state index in [1.54, 1.807) is 7.11 Å². The fraction of sp³-hybridized carbons (Fsp3) is 0.667. The molecule has 1 unspecified atom stereocenters. The van der Waals surface area contributed by atoms with Gasteiger partial charge in [-0.1, -0.05) is 45.7 Å². The van der Waals surface area contributed by atoms with Gasteiger partial charge in [-0.3, -0.25) is 0 Å². The van der Waals surface area contributed by atoms with Crippen molar-refractivity contribution in [2.75, 3.05) is 13.7 Å². The number of rotatable bonds is 10. The van der Waals surface area contributed by atoms with Crippen molar-refractivity contribution in [1.29, 1.82) is 0 Å². The van der Waals surface area contributed by atoms with E-state index in [0.29, 0.717) is 6.04 Å². The molecule has 0 amide bonds. The van der Waals surface area contributed by atoms with Crippen LogP contribution in [0.3, 0.4) is 0 Å². The molecule has 1 aromatic carbocycles. The Bertz CT molecular complexity index is 358. The van der Waals surface area contributed by atoms with E-state index in [0.717, 1.165) is 24.6 Å². The van der Waals surface area contributed by atoms with Crippen molar-refractivity contribution in [3.05, 3.63) is 29.8 Å². The summed E-state index contributed by atoms with van der Waals surface area (Å²) in [5.41, 5.74) is 1.37. The van der Waals surface area contributed by atoms with E-state index in [2.05, 4.69) is 44.3 Å². The van der Waals surface area contributed by atoms with E-state index < -0.39 is 0 Å². The Morgan fingerprint density at radius 3 is 2.35 bits per heavy atom. The minimum absolute atomic E-state index is 0.576. The summed E-state index contributed by atoms with van der Waals surface area (Å²) in [4.78, 5) is 0. The van der Waals surface area contributed by atoms with Crippen LogP contribution in [0.15, 0.2) is 24.3 Å². The maximum absolute atomic E-state index is 5.33. The van der Waals surface area contributed by atoms with Gasteiger partial charge in [-0.2, -0.15) is 0 Å². The first kappa shape index (κ1) is 17.0. The van der Waals surface area contributed by atoms with Gasteiger partial charge in [0.2, 0.25) is 0 Å². The van der Waals surface area contributed by atoms with Gasteiger partial charge in [-0.05, 0) is 49.4 Å². The first-order valence-corrected chi connectivity index (χ1v) is 8.11. The molecule has 1 atom stereocenters. The van der Waals surface area contributed by atoms with Crippen LogP contribution < -0.4 is 10.1 Å². The zero-order valence-electron chi connectivity index (χ0n) is 13.6. The van der Waals surface area contributed by atoms with Crippen LogP contribution in [0.4, 0.5) is 0 Å². The molecule has 0 saturated heterocycles. The normalized spacial score (nSPS) is 12.7. The zero-order valence-corrected chi connectivity index (χ0v) is 13.6. The Kier molecular flexibility index (Phi) is 8.36. The van der Waals surface area contributed by atoms with Gasteiger partial charge in [0.1, 0.15) is 5.75 Å². The topological polar surface area (TPSA) is 21.3 Å². The summed E-state index contributed by atoms with van der Waals surface area (Å²) in [6, 6.07) is 9.06. The van der Waals surface area contributed by atoms with Gasteiger partial charge in [0.25, 0.3) is 0 Å². The van der Waals surface area contributed by atoms with Crippen LogP contribution in [0.1, 0.15) is 52.0 Å². The number of nitrogens with one attached hydrogen (secondary N) is 1. The summed E-state index contributed by atoms with van der Waals surface area (Å²) in [5, 5.41) is 3.70. The molecule has 1 aromatic rings. The SMILES string of the molecule is CCCC(CCC)C(Cc1cccc(OC)c1)NCC. The van der Waals surface area contributed by atoms with Crippen molar-refractivity contribution in [3.63, 3.8) is 0 Å². The van der Waals surface area contributed by atoms with Gasteiger partial charge in [-0.15, -0.1) is 0 Å². The van der Waals surface area contributed by atoms with Crippen molar-refractivity contribution in [3.8, 4) is 5.75 Å². The van der Waals surface area contributed by atoms with Gasteiger partial charge < -0.3 is 10.1 Å². The Morgan fingerprint density at radius 2 is 1.80 bits per heavy atom. The van der Waals surface area contributed by atoms with Crippen LogP contribution >= 0.6 is 0 Å². The summed E-state index contributed by atoms with van der Waals surface area (Å²) >= 11 is 0. The maximum atomic E-state index is 5.33. The van der Waals surface area contributed by atoms with Crippen LogP contribution in [0, 0.1) is 5.92 Å². The summed E-state index contributed by atoms with van der Waals surface area (Å²) in [6.45, 7) is 7.82. The molecule has 0 bridgehead atoms. The molecule has 0 heterocycles. The maximum Gasteiger partial charge on any atom is 0.119 e. The molecular weight excluding hydrogens is 246 g/mol. The van der Waals surface area contributed by atoms with Crippen LogP contribution in [0.5, 0.6) is 5.75 Å².